The molecule has 2 aromatic carbocycles. The molecule has 0 fully saturated rings. The summed E-state index contributed by atoms with van der Waals surface area (Å²) in [5.74, 6) is -1.97. The van der Waals surface area contributed by atoms with Crippen molar-refractivity contribution < 1.29 is 13.6 Å². The van der Waals surface area contributed by atoms with Crippen LogP contribution in [-0.2, 0) is 4.79 Å². The van der Waals surface area contributed by atoms with Crippen LogP contribution < -0.4 is 10.6 Å². The number of amides is 1. The van der Waals surface area contributed by atoms with Gasteiger partial charge in [-0.25, -0.2) is 8.78 Å². The van der Waals surface area contributed by atoms with Crippen molar-refractivity contribution in [2.24, 2.45) is 0 Å². The Morgan fingerprint density at radius 2 is 1.81 bits per heavy atom. The summed E-state index contributed by atoms with van der Waals surface area (Å²) < 4.78 is 26.0. The lowest BCUT2D eigenvalue weighted by Gasteiger charge is -2.14. The van der Waals surface area contributed by atoms with E-state index in [1.165, 1.54) is 6.07 Å². The van der Waals surface area contributed by atoms with Gasteiger partial charge in [0, 0.05) is 11.7 Å². The fourth-order valence-electron chi connectivity index (χ4n) is 1.87. The molecular formula is C16H16F2N2O. The number of para-hydroxylation sites is 1. The summed E-state index contributed by atoms with van der Waals surface area (Å²) in [6.07, 6.45) is 0. The van der Waals surface area contributed by atoms with E-state index in [-0.39, 0.29) is 18.5 Å². The highest BCUT2D eigenvalue weighted by atomic mass is 19.2. The average Bonchev–Trinajstić information content (AvgIpc) is 2.48. The predicted molar refractivity (Wildman–Crippen MR) is 77.8 cm³/mol. The number of carbonyl (C=O) groups excluding carboxylic acids is 1. The summed E-state index contributed by atoms with van der Waals surface area (Å²) in [6.45, 7) is 1.86. The van der Waals surface area contributed by atoms with Crippen LogP contribution in [0.1, 0.15) is 18.5 Å². The highest BCUT2D eigenvalue weighted by molar-refractivity contribution is 5.92. The van der Waals surface area contributed by atoms with Gasteiger partial charge in [0.1, 0.15) is 0 Å². The first kappa shape index (κ1) is 15.1. The standard InChI is InChI=1S/C16H16F2N2O/c1-11(12-7-8-14(17)15(18)9-12)19-10-16(21)20-13-5-3-2-4-6-13/h2-9,11,19H,10H2,1H3,(H,20,21)/t11-/m1/s1. The summed E-state index contributed by atoms with van der Waals surface area (Å²) in [6, 6.07) is 12.5. The van der Waals surface area contributed by atoms with Crippen LogP contribution >= 0.6 is 0 Å². The van der Waals surface area contributed by atoms with E-state index in [0.717, 1.165) is 12.1 Å². The van der Waals surface area contributed by atoms with E-state index in [9.17, 15) is 13.6 Å². The van der Waals surface area contributed by atoms with Crippen molar-refractivity contribution in [1.29, 1.82) is 0 Å². The van der Waals surface area contributed by atoms with Gasteiger partial charge in [-0.2, -0.15) is 0 Å². The van der Waals surface area contributed by atoms with Crippen molar-refractivity contribution >= 4 is 11.6 Å². The van der Waals surface area contributed by atoms with Crippen LogP contribution in [0.25, 0.3) is 0 Å². The van der Waals surface area contributed by atoms with Crippen molar-refractivity contribution in [2.45, 2.75) is 13.0 Å². The van der Waals surface area contributed by atoms with Crippen molar-refractivity contribution in [2.75, 3.05) is 11.9 Å². The molecule has 0 aliphatic rings. The minimum absolute atomic E-state index is 0.0784. The van der Waals surface area contributed by atoms with E-state index in [1.54, 1.807) is 19.1 Å². The van der Waals surface area contributed by atoms with Crippen LogP contribution in [0.4, 0.5) is 14.5 Å². The van der Waals surface area contributed by atoms with E-state index in [4.69, 9.17) is 0 Å². The fourth-order valence-corrected chi connectivity index (χ4v) is 1.87. The number of hydrogen-bond acceptors (Lipinski definition) is 2. The second kappa shape index (κ2) is 6.95. The van der Waals surface area contributed by atoms with Gasteiger partial charge in [-0.3, -0.25) is 4.79 Å². The molecule has 0 saturated heterocycles. The summed E-state index contributed by atoms with van der Waals surface area (Å²) in [5, 5.41) is 5.70. The maximum Gasteiger partial charge on any atom is 0.238 e. The molecule has 2 rings (SSSR count). The Morgan fingerprint density at radius 1 is 1.10 bits per heavy atom. The molecule has 0 aromatic heterocycles. The van der Waals surface area contributed by atoms with Gasteiger partial charge in [-0.05, 0) is 36.8 Å². The molecule has 2 aromatic rings. The zero-order valence-corrected chi connectivity index (χ0v) is 11.6. The normalized spacial score (nSPS) is 12.0. The molecule has 3 nitrogen and oxygen atoms in total. The van der Waals surface area contributed by atoms with Crippen molar-refractivity contribution in [3.05, 3.63) is 65.7 Å². The molecule has 5 heteroatoms. The van der Waals surface area contributed by atoms with Gasteiger partial charge >= 0.3 is 0 Å². The highest BCUT2D eigenvalue weighted by Gasteiger charge is 2.10. The molecule has 0 saturated carbocycles. The number of carbonyl (C=O) groups is 1. The number of halogens is 2. The Hall–Kier alpha value is -2.27. The largest absolute Gasteiger partial charge is 0.325 e. The van der Waals surface area contributed by atoms with Gasteiger partial charge in [0.05, 0.1) is 6.54 Å². The first-order chi connectivity index (χ1) is 10.1. The third-order valence-corrected chi connectivity index (χ3v) is 3.07. The minimum Gasteiger partial charge on any atom is -0.325 e. The summed E-state index contributed by atoms with van der Waals surface area (Å²) in [4.78, 5) is 11.8. The van der Waals surface area contributed by atoms with Crippen LogP contribution in [0.15, 0.2) is 48.5 Å². The molecule has 1 atom stereocenters. The molecule has 0 spiro atoms. The zero-order chi connectivity index (χ0) is 15.2. The van der Waals surface area contributed by atoms with Gasteiger partial charge < -0.3 is 10.6 Å². The predicted octanol–water partition coefficient (Wildman–Crippen LogP) is 3.25. The Morgan fingerprint density at radius 3 is 2.48 bits per heavy atom. The van der Waals surface area contributed by atoms with E-state index < -0.39 is 11.6 Å². The molecule has 0 radical (unpaired) electrons. The smallest absolute Gasteiger partial charge is 0.238 e. The van der Waals surface area contributed by atoms with Crippen LogP contribution in [0.3, 0.4) is 0 Å². The average molecular weight is 290 g/mol. The quantitative estimate of drug-likeness (QED) is 0.887. The van der Waals surface area contributed by atoms with Crippen LogP contribution in [-0.4, -0.2) is 12.5 Å². The van der Waals surface area contributed by atoms with E-state index >= 15 is 0 Å². The number of rotatable bonds is 5. The molecule has 21 heavy (non-hydrogen) atoms. The molecule has 0 heterocycles. The molecule has 0 unspecified atom stereocenters. The molecule has 110 valence electrons. The lowest BCUT2D eigenvalue weighted by molar-refractivity contribution is -0.115. The van der Waals surface area contributed by atoms with Gasteiger partial charge in [0.2, 0.25) is 5.91 Å². The van der Waals surface area contributed by atoms with Gasteiger partial charge in [-0.15, -0.1) is 0 Å². The Balaban J connectivity index is 1.87. The van der Waals surface area contributed by atoms with Crippen molar-refractivity contribution in [1.82, 2.24) is 5.32 Å². The Kier molecular flexibility index (Phi) is 5.00. The molecule has 1 amide bonds. The molecular weight excluding hydrogens is 274 g/mol. The van der Waals surface area contributed by atoms with Gasteiger partial charge in [-0.1, -0.05) is 24.3 Å². The number of benzene rings is 2. The Labute approximate surface area is 122 Å². The zero-order valence-electron chi connectivity index (χ0n) is 11.6. The first-order valence-electron chi connectivity index (χ1n) is 6.59. The summed E-state index contributed by atoms with van der Waals surface area (Å²) >= 11 is 0. The maximum absolute atomic E-state index is 13.1. The maximum atomic E-state index is 13.1. The summed E-state index contributed by atoms with van der Waals surface area (Å²) in [7, 11) is 0. The molecule has 2 N–H and O–H groups in total. The van der Waals surface area contributed by atoms with Crippen LogP contribution in [0.2, 0.25) is 0 Å². The lowest BCUT2D eigenvalue weighted by atomic mass is 10.1. The van der Waals surface area contributed by atoms with Crippen molar-refractivity contribution in [3.8, 4) is 0 Å². The topological polar surface area (TPSA) is 41.1 Å². The van der Waals surface area contributed by atoms with Crippen LogP contribution in [0, 0.1) is 11.6 Å². The molecule has 0 aliphatic carbocycles. The SMILES string of the molecule is C[C@@H](NCC(=O)Nc1ccccc1)c1ccc(F)c(F)c1. The van der Waals surface area contributed by atoms with Crippen LogP contribution in [0.5, 0.6) is 0 Å². The lowest BCUT2D eigenvalue weighted by Crippen LogP contribution is -2.30. The van der Waals surface area contributed by atoms with E-state index in [1.807, 2.05) is 18.2 Å². The fraction of sp³-hybridized carbons (Fsp3) is 0.188. The third kappa shape index (κ3) is 4.36. The first-order valence-corrected chi connectivity index (χ1v) is 6.59. The van der Waals surface area contributed by atoms with Gasteiger partial charge in [0.15, 0.2) is 11.6 Å². The van der Waals surface area contributed by atoms with Crippen molar-refractivity contribution in [3.63, 3.8) is 0 Å². The highest BCUT2D eigenvalue weighted by Crippen LogP contribution is 2.15. The number of hydrogen-bond donors (Lipinski definition) is 2. The molecule has 0 bridgehead atoms. The van der Waals surface area contributed by atoms with E-state index in [0.29, 0.717) is 11.3 Å². The van der Waals surface area contributed by atoms with E-state index in [2.05, 4.69) is 10.6 Å². The third-order valence-electron chi connectivity index (χ3n) is 3.07. The summed E-state index contributed by atoms with van der Waals surface area (Å²) in [5.41, 5.74) is 1.30. The second-order valence-corrected chi connectivity index (χ2v) is 4.69. The molecule has 0 aliphatic heterocycles. The Bertz CT molecular complexity index is 617. The minimum atomic E-state index is -0.894. The number of nitrogens with one attached hydrogen (secondary N) is 2. The second-order valence-electron chi connectivity index (χ2n) is 4.69. The number of anilines is 1. The van der Waals surface area contributed by atoms with Gasteiger partial charge in [0.25, 0.3) is 0 Å². The monoisotopic (exact) mass is 290 g/mol.